The molecule has 1 aromatic carbocycles. The molecule has 0 aliphatic heterocycles. The maximum atomic E-state index is 8.56. The highest BCUT2D eigenvalue weighted by Crippen LogP contribution is 2.19. The van der Waals surface area contributed by atoms with Crippen molar-refractivity contribution in [3.05, 3.63) is 29.8 Å². The smallest absolute Gasteiger partial charge is 0.181 e. The molecular formula is C12H15NO. The SMILES string of the molecule is CC(C#N)Oc1ccc(C(C)C)cc1. The van der Waals surface area contributed by atoms with Crippen molar-refractivity contribution in [1.29, 1.82) is 5.26 Å². The average molecular weight is 189 g/mol. The van der Waals surface area contributed by atoms with Crippen LogP contribution in [0.1, 0.15) is 32.3 Å². The number of benzene rings is 1. The van der Waals surface area contributed by atoms with E-state index in [-0.39, 0.29) is 6.10 Å². The Hall–Kier alpha value is -1.49. The van der Waals surface area contributed by atoms with Crippen LogP contribution in [0.25, 0.3) is 0 Å². The molecule has 0 heterocycles. The first-order valence-corrected chi connectivity index (χ1v) is 4.79. The largest absolute Gasteiger partial charge is 0.476 e. The van der Waals surface area contributed by atoms with E-state index in [0.717, 1.165) is 5.75 Å². The normalized spacial score (nSPS) is 12.2. The van der Waals surface area contributed by atoms with Crippen LogP contribution in [-0.2, 0) is 0 Å². The molecule has 0 saturated heterocycles. The molecule has 0 bridgehead atoms. The van der Waals surface area contributed by atoms with Crippen molar-refractivity contribution in [3.63, 3.8) is 0 Å². The molecule has 2 nitrogen and oxygen atoms in total. The lowest BCUT2D eigenvalue weighted by atomic mass is 10.0. The summed E-state index contributed by atoms with van der Waals surface area (Å²) < 4.78 is 5.34. The highest BCUT2D eigenvalue weighted by atomic mass is 16.5. The molecule has 0 amide bonds. The van der Waals surface area contributed by atoms with E-state index >= 15 is 0 Å². The van der Waals surface area contributed by atoms with Crippen molar-refractivity contribution >= 4 is 0 Å². The zero-order valence-corrected chi connectivity index (χ0v) is 8.82. The molecule has 2 heteroatoms. The van der Waals surface area contributed by atoms with E-state index in [4.69, 9.17) is 10.00 Å². The maximum Gasteiger partial charge on any atom is 0.181 e. The Kier molecular flexibility index (Phi) is 3.53. The molecule has 1 unspecified atom stereocenters. The summed E-state index contributed by atoms with van der Waals surface area (Å²) in [6.45, 7) is 6.03. The number of hydrogen-bond acceptors (Lipinski definition) is 2. The van der Waals surface area contributed by atoms with Crippen LogP contribution < -0.4 is 4.74 Å². The first-order valence-electron chi connectivity index (χ1n) is 4.79. The Morgan fingerprint density at radius 2 is 1.71 bits per heavy atom. The number of rotatable bonds is 3. The number of hydrogen-bond donors (Lipinski definition) is 0. The highest BCUT2D eigenvalue weighted by molar-refractivity contribution is 5.29. The van der Waals surface area contributed by atoms with Crippen LogP contribution in [0.3, 0.4) is 0 Å². The van der Waals surface area contributed by atoms with Crippen LogP contribution >= 0.6 is 0 Å². The van der Waals surface area contributed by atoms with Crippen molar-refractivity contribution in [2.75, 3.05) is 0 Å². The molecule has 1 aromatic rings. The van der Waals surface area contributed by atoms with Gasteiger partial charge >= 0.3 is 0 Å². The minimum atomic E-state index is -0.389. The lowest BCUT2D eigenvalue weighted by molar-refractivity contribution is 0.276. The Morgan fingerprint density at radius 3 is 2.14 bits per heavy atom. The second-order valence-electron chi connectivity index (χ2n) is 3.61. The molecule has 0 spiro atoms. The molecule has 0 fully saturated rings. The van der Waals surface area contributed by atoms with Crippen LogP contribution in [0.15, 0.2) is 24.3 Å². The van der Waals surface area contributed by atoms with E-state index in [1.807, 2.05) is 30.3 Å². The van der Waals surface area contributed by atoms with Gasteiger partial charge in [-0.3, -0.25) is 0 Å². The maximum absolute atomic E-state index is 8.56. The van der Waals surface area contributed by atoms with E-state index in [9.17, 15) is 0 Å². The average Bonchev–Trinajstić information content (AvgIpc) is 2.18. The minimum absolute atomic E-state index is 0.389. The summed E-state index contributed by atoms with van der Waals surface area (Å²) in [4.78, 5) is 0. The fraction of sp³-hybridized carbons (Fsp3) is 0.417. The Labute approximate surface area is 85.1 Å². The number of nitrogens with zero attached hydrogens (tertiary/aromatic N) is 1. The van der Waals surface area contributed by atoms with Crippen molar-refractivity contribution in [1.82, 2.24) is 0 Å². The summed E-state index contributed by atoms with van der Waals surface area (Å²) in [5.41, 5.74) is 1.28. The molecule has 1 rings (SSSR count). The third kappa shape index (κ3) is 2.77. The zero-order chi connectivity index (χ0) is 10.6. The van der Waals surface area contributed by atoms with Crippen LogP contribution in [0.5, 0.6) is 5.75 Å². The molecule has 0 aliphatic carbocycles. The first-order chi connectivity index (χ1) is 6.63. The molecule has 0 aromatic heterocycles. The summed E-state index contributed by atoms with van der Waals surface area (Å²) in [6, 6.07) is 9.90. The Bertz CT molecular complexity index is 321. The Balaban J connectivity index is 2.70. The summed E-state index contributed by atoms with van der Waals surface area (Å²) >= 11 is 0. The van der Waals surface area contributed by atoms with Gasteiger partial charge in [-0.25, -0.2) is 0 Å². The minimum Gasteiger partial charge on any atom is -0.476 e. The molecule has 14 heavy (non-hydrogen) atoms. The number of ether oxygens (including phenoxy) is 1. The van der Waals surface area contributed by atoms with Gasteiger partial charge in [0.2, 0.25) is 0 Å². The van der Waals surface area contributed by atoms with Crippen molar-refractivity contribution in [2.45, 2.75) is 32.8 Å². The molecule has 74 valence electrons. The predicted molar refractivity (Wildman–Crippen MR) is 56.2 cm³/mol. The topological polar surface area (TPSA) is 33.0 Å². The molecule has 0 radical (unpaired) electrons. The van der Waals surface area contributed by atoms with Gasteiger partial charge in [-0.15, -0.1) is 0 Å². The van der Waals surface area contributed by atoms with Crippen LogP contribution in [-0.4, -0.2) is 6.10 Å². The van der Waals surface area contributed by atoms with E-state index in [0.29, 0.717) is 5.92 Å². The van der Waals surface area contributed by atoms with Gasteiger partial charge in [-0.2, -0.15) is 5.26 Å². The van der Waals surface area contributed by atoms with Crippen LogP contribution in [0.2, 0.25) is 0 Å². The fourth-order valence-corrected chi connectivity index (χ4v) is 1.16. The number of nitriles is 1. The highest BCUT2D eigenvalue weighted by Gasteiger charge is 2.02. The van der Waals surface area contributed by atoms with Gasteiger partial charge in [0.05, 0.1) is 0 Å². The summed E-state index contributed by atoms with van der Waals surface area (Å²) in [5.74, 6) is 1.28. The van der Waals surface area contributed by atoms with E-state index in [2.05, 4.69) is 13.8 Å². The second kappa shape index (κ2) is 4.66. The van der Waals surface area contributed by atoms with Gasteiger partial charge in [0.1, 0.15) is 11.8 Å². The summed E-state index contributed by atoms with van der Waals surface area (Å²) in [7, 11) is 0. The third-order valence-electron chi connectivity index (χ3n) is 2.04. The summed E-state index contributed by atoms with van der Waals surface area (Å²) in [6.07, 6.45) is -0.389. The summed E-state index contributed by atoms with van der Waals surface area (Å²) in [5, 5.41) is 8.56. The third-order valence-corrected chi connectivity index (χ3v) is 2.04. The van der Waals surface area contributed by atoms with Gasteiger partial charge in [0.15, 0.2) is 6.10 Å². The van der Waals surface area contributed by atoms with Crippen molar-refractivity contribution in [2.24, 2.45) is 0 Å². The fourth-order valence-electron chi connectivity index (χ4n) is 1.16. The van der Waals surface area contributed by atoms with Crippen LogP contribution in [0.4, 0.5) is 0 Å². The molecule has 0 N–H and O–H groups in total. The van der Waals surface area contributed by atoms with Crippen molar-refractivity contribution < 1.29 is 4.74 Å². The lowest BCUT2D eigenvalue weighted by Gasteiger charge is -2.09. The lowest BCUT2D eigenvalue weighted by Crippen LogP contribution is -2.07. The van der Waals surface area contributed by atoms with E-state index < -0.39 is 0 Å². The van der Waals surface area contributed by atoms with Gasteiger partial charge in [-0.1, -0.05) is 26.0 Å². The monoisotopic (exact) mass is 189 g/mol. The van der Waals surface area contributed by atoms with Gasteiger partial charge in [0, 0.05) is 0 Å². The van der Waals surface area contributed by atoms with E-state index in [1.54, 1.807) is 6.92 Å². The zero-order valence-electron chi connectivity index (χ0n) is 8.82. The van der Waals surface area contributed by atoms with Gasteiger partial charge < -0.3 is 4.74 Å². The quantitative estimate of drug-likeness (QED) is 0.732. The predicted octanol–water partition coefficient (Wildman–Crippen LogP) is 3.10. The molecular weight excluding hydrogens is 174 g/mol. The molecule has 0 saturated carbocycles. The van der Waals surface area contributed by atoms with E-state index in [1.165, 1.54) is 5.56 Å². The molecule has 0 aliphatic rings. The standard InChI is InChI=1S/C12H15NO/c1-9(2)11-4-6-12(7-5-11)14-10(3)8-13/h4-7,9-10H,1-3H3. The molecule has 1 atom stereocenters. The van der Waals surface area contributed by atoms with Crippen molar-refractivity contribution in [3.8, 4) is 11.8 Å². The van der Waals surface area contributed by atoms with Gasteiger partial charge in [0.25, 0.3) is 0 Å². The van der Waals surface area contributed by atoms with Crippen LogP contribution in [0, 0.1) is 11.3 Å². The first kappa shape index (κ1) is 10.6. The van der Waals surface area contributed by atoms with Gasteiger partial charge in [-0.05, 0) is 30.5 Å². The second-order valence-corrected chi connectivity index (χ2v) is 3.61. The Morgan fingerprint density at radius 1 is 1.14 bits per heavy atom.